The van der Waals surface area contributed by atoms with Crippen molar-refractivity contribution < 1.29 is 4.39 Å². The largest absolute Gasteiger partial charge is 0.367 e. The van der Waals surface area contributed by atoms with Crippen LogP contribution < -0.4 is 5.32 Å². The van der Waals surface area contributed by atoms with Crippen molar-refractivity contribution in [1.29, 1.82) is 0 Å². The van der Waals surface area contributed by atoms with Gasteiger partial charge in [-0.1, -0.05) is 36.9 Å². The van der Waals surface area contributed by atoms with Gasteiger partial charge in [0.1, 0.15) is 11.6 Å². The Labute approximate surface area is 158 Å². The summed E-state index contributed by atoms with van der Waals surface area (Å²) >= 11 is 0. The Morgan fingerprint density at radius 2 is 1.96 bits per heavy atom. The highest BCUT2D eigenvalue weighted by molar-refractivity contribution is 5.94. The number of anilines is 1. The number of nitrogens with one attached hydrogen (secondary N) is 1. The Morgan fingerprint density at radius 1 is 1.19 bits per heavy atom. The highest BCUT2D eigenvalue weighted by atomic mass is 19.1. The molecule has 136 valence electrons. The van der Waals surface area contributed by atoms with Gasteiger partial charge in [0.15, 0.2) is 5.82 Å². The summed E-state index contributed by atoms with van der Waals surface area (Å²) in [4.78, 5) is 13.1. The topological polar surface area (TPSA) is 50.2 Å². The Kier molecular flexibility index (Phi) is 5.41. The molecule has 0 bridgehead atoms. The average molecular weight is 360 g/mol. The van der Waals surface area contributed by atoms with Crippen LogP contribution in [0.15, 0.2) is 66.3 Å². The molecule has 1 aromatic heterocycles. The number of aromatic nitrogens is 2. The van der Waals surface area contributed by atoms with Gasteiger partial charge in [-0.25, -0.2) is 14.4 Å². The number of rotatable bonds is 6. The van der Waals surface area contributed by atoms with Crippen LogP contribution in [0.1, 0.15) is 19.7 Å². The monoisotopic (exact) mass is 360 g/mol. The maximum atomic E-state index is 14.2. The molecule has 0 saturated heterocycles. The first-order valence-electron chi connectivity index (χ1n) is 8.65. The van der Waals surface area contributed by atoms with Crippen LogP contribution in [0.2, 0.25) is 0 Å². The predicted molar refractivity (Wildman–Crippen MR) is 111 cm³/mol. The molecule has 3 aromatic rings. The fourth-order valence-corrected chi connectivity index (χ4v) is 2.80. The summed E-state index contributed by atoms with van der Waals surface area (Å²) in [7, 11) is 0. The van der Waals surface area contributed by atoms with E-state index >= 15 is 0 Å². The van der Waals surface area contributed by atoms with Crippen molar-refractivity contribution >= 4 is 29.0 Å². The van der Waals surface area contributed by atoms with E-state index in [1.807, 2.05) is 38.1 Å². The van der Waals surface area contributed by atoms with Gasteiger partial charge in [0.2, 0.25) is 0 Å². The molecule has 5 heteroatoms. The number of benzene rings is 2. The second-order valence-corrected chi connectivity index (χ2v) is 6.38. The normalized spacial score (nSPS) is 11.6. The number of hydrogen-bond donors (Lipinski definition) is 1. The van der Waals surface area contributed by atoms with Gasteiger partial charge in [0, 0.05) is 28.8 Å². The van der Waals surface area contributed by atoms with Crippen LogP contribution in [-0.2, 0) is 0 Å². The quantitative estimate of drug-likeness (QED) is 0.467. The van der Waals surface area contributed by atoms with Crippen LogP contribution in [0.25, 0.3) is 27.6 Å². The van der Waals surface area contributed by atoms with Crippen LogP contribution in [0, 0.1) is 5.82 Å². The van der Waals surface area contributed by atoms with Gasteiger partial charge in [-0.15, -0.1) is 0 Å². The van der Waals surface area contributed by atoms with Crippen molar-refractivity contribution in [2.75, 3.05) is 5.32 Å². The lowest BCUT2D eigenvalue weighted by molar-refractivity contribution is 0.631. The third-order valence-electron chi connectivity index (χ3n) is 4.01. The molecule has 2 aromatic carbocycles. The Hall–Kier alpha value is -3.34. The number of allylic oxidation sites excluding steroid dienone is 2. The zero-order valence-corrected chi connectivity index (χ0v) is 15.4. The molecule has 0 saturated carbocycles. The van der Waals surface area contributed by atoms with Gasteiger partial charge >= 0.3 is 0 Å². The Morgan fingerprint density at radius 3 is 2.63 bits per heavy atom. The third-order valence-corrected chi connectivity index (χ3v) is 4.01. The Balaban J connectivity index is 2.23. The number of hydrogen-bond acceptors (Lipinski definition) is 4. The minimum absolute atomic E-state index is 0.168. The molecule has 0 aliphatic rings. The molecule has 0 spiro atoms. The lowest BCUT2D eigenvalue weighted by Crippen LogP contribution is -2.13. The van der Waals surface area contributed by atoms with Crippen molar-refractivity contribution in [1.82, 2.24) is 9.97 Å². The predicted octanol–water partition coefficient (Wildman–Crippen LogP) is 5.48. The first kappa shape index (κ1) is 18.5. The Bertz CT molecular complexity index is 1040. The standard InChI is InChI=1S/C22H21FN4/c1-5-15(13-24-4)21-26-20-11-10-16(17-8-6-7-9-19(17)23)12-18(20)22(27-21)25-14(2)3/h5-14H,1,4H2,2-3H3,(H,25,26,27)/b15-13+. The van der Waals surface area contributed by atoms with E-state index < -0.39 is 0 Å². The van der Waals surface area contributed by atoms with Crippen molar-refractivity contribution in [3.63, 3.8) is 0 Å². The number of halogens is 1. The molecule has 0 atom stereocenters. The SMILES string of the molecule is C=C/C(=C\N=C)c1nc(NC(C)C)c2cc(-c3ccccc3F)ccc2n1. The fraction of sp³-hybridized carbons (Fsp3) is 0.136. The van der Waals surface area contributed by atoms with Crippen LogP contribution >= 0.6 is 0 Å². The summed E-state index contributed by atoms with van der Waals surface area (Å²) in [6.07, 6.45) is 3.21. The molecule has 1 heterocycles. The molecule has 0 radical (unpaired) electrons. The van der Waals surface area contributed by atoms with Crippen molar-refractivity contribution in [3.05, 3.63) is 73.0 Å². The number of fused-ring (bicyclic) bond motifs is 1. The fourth-order valence-electron chi connectivity index (χ4n) is 2.80. The minimum atomic E-state index is -0.262. The summed E-state index contributed by atoms with van der Waals surface area (Å²) in [6.45, 7) is 11.3. The molecular weight excluding hydrogens is 339 g/mol. The van der Waals surface area contributed by atoms with Gasteiger partial charge in [-0.2, -0.15) is 0 Å². The molecular formula is C22H21FN4. The van der Waals surface area contributed by atoms with Gasteiger partial charge in [-0.3, -0.25) is 4.99 Å². The lowest BCUT2D eigenvalue weighted by Gasteiger charge is -2.14. The van der Waals surface area contributed by atoms with Crippen LogP contribution in [0.5, 0.6) is 0 Å². The van der Waals surface area contributed by atoms with Gasteiger partial charge < -0.3 is 5.32 Å². The van der Waals surface area contributed by atoms with Crippen molar-refractivity contribution in [2.24, 2.45) is 4.99 Å². The smallest absolute Gasteiger partial charge is 0.163 e. The summed E-state index contributed by atoms with van der Waals surface area (Å²) < 4.78 is 14.2. The molecule has 3 rings (SSSR count). The lowest BCUT2D eigenvalue weighted by atomic mass is 10.0. The van der Waals surface area contributed by atoms with Crippen molar-refractivity contribution in [2.45, 2.75) is 19.9 Å². The van der Waals surface area contributed by atoms with E-state index in [-0.39, 0.29) is 11.9 Å². The van der Waals surface area contributed by atoms with Crippen molar-refractivity contribution in [3.8, 4) is 11.1 Å². The summed E-state index contributed by atoms with van der Waals surface area (Å²) in [5, 5.41) is 4.17. The summed E-state index contributed by atoms with van der Waals surface area (Å²) in [5.74, 6) is 0.924. The molecule has 4 nitrogen and oxygen atoms in total. The second-order valence-electron chi connectivity index (χ2n) is 6.38. The summed E-state index contributed by atoms with van der Waals surface area (Å²) in [5.41, 5.74) is 2.74. The van der Waals surface area contributed by atoms with E-state index in [2.05, 4.69) is 33.6 Å². The minimum Gasteiger partial charge on any atom is -0.367 e. The molecule has 0 aliphatic carbocycles. The number of aliphatic imine (C=N–C) groups is 1. The van der Waals surface area contributed by atoms with E-state index in [0.29, 0.717) is 22.8 Å². The molecule has 0 aliphatic heterocycles. The summed E-state index contributed by atoms with van der Waals surface area (Å²) in [6, 6.07) is 12.5. The van der Waals surface area contributed by atoms with E-state index in [0.717, 1.165) is 16.5 Å². The van der Waals surface area contributed by atoms with Gasteiger partial charge in [0.25, 0.3) is 0 Å². The molecule has 0 unspecified atom stereocenters. The molecule has 0 amide bonds. The van der Waals surface area contributed by atoms with Crippen LogP contribution in [0.4, 0.5) is 10.2 Å². The highest BCUT2D eigenvalue weighted by Crippen LogP contribution is 2.30. The molecule has 0 fully saturated rings. The second kappa shape index (κ2) is 7.91. The van der Waals surface area contributed by atoms with E-state index in [4.69, 9.17) is 0 Å². The van der Waals surface area contributed by atoms with Crippen LogP contribution in [0.3, 0.4) is 0 Å². The maximum absolute atomic E-state index is 14.2. The van der Waals surface area contributed by atoms with E-state index in [9.17, 15) is 4.39 Å². The molecule has 1 N–H and O–H groups in total. The first-order valence-corrected chi connectivity index (χ1v) is 8.65. The zero-order chi connectivity index (χ0) is 19.4. The van der Waals surface area contributed by atoms with Gasteiger partial charge in [0.05, 0.1) is 5.52 Å². The third kappa shape index (κ3) is 3.92. The van der Waals surface area contributed by atoms with E-state index in [1.54, 1.807) is 24.4 Å². The van der Waals surface area contributed by atoms with Gasteiger partial charge in [-0.05, 0) is 44.3 Å². The zero-order valence-electron chi connectivity index (χ0n) is 15.4. The maximum Gasteiger partial charge on any atom is 0.163 e. The molecule has 27 heavy (non-hydrogen) atoms. The highest BCUT2D eigenvalue weighted by Gasteiger charge is 2.13. The first-order chi connectivity index (χ1) is 13.0. The van der Waals surface area contributed by atoms with Crippen LogP contribution in [-0.4, -0.2) is 22.7 Å². The average Bonchev–Trinajstić information content (AvgIpc) is 2.65. The van der Waals surface area contributed by atoms with E-state index in [1.165, 1.54) is 6.07 Å². The number of nitrogens with zero attached hydrogens (tertiary/aromatic N) is 3.